The number of alkyl halides is 3. The standard InChI is InChI=1S/C12H21F3O2S/c1-8(2)7-17-11(16)10(9(3)4)18-6-5-12(13,14)15/h8-10H,5-7H2,1-4H3. The van der Waals surface area contributed by atoms with Gasteiger partial charge >= 0.3 is 12.1 Å². The maximum atomic E-state index is 12.0. The second-order valence-electron chi connectivity index (χ2n) is 4.92. The van der Waals surface area contributed by atoms with Gasteiger partial charge in [-0.1, -0.05) is 27.7 Å². The topological polar surface area (TPSA) is 26.3 Å². The van der Waals surface area contributed by atoms with Gasteiger partial charge in [-0.2, -0.15) is 13.2 Å². The van der Waals surface area contributed by atoms with Crippen LogP contribution in [0, 0.1) is 11.8 Å². The number of esters is 1. The molecule has 0 aromatic carbocycles. The van der Waals surface area contributed by atoms with E-state index in [2.05, 4.69) is 0 Å². The molecule has 0 spiro atoms. The minimum Gasteiger partial charge on any atom is -0.465 e. The van der Waals surface area contributed by atoms with Gasteiger partial charge in [0.25, 0.3) is 0 Å². The zero-order valence-corrected chi connectivity index (χ0v) is 12.0. The van der Waals surface area contributed by atoms with E-state index in [4.69, 9.17) is 4.74 Å². The van der Waals surface area contributed by atoms with E-state index in [0.717, 1.165) is 11.8 Å². The Morgan fingerprint density at radius 1 is 1.22 bits per heavy atom. The quantitative estimate of drug-likeness (QED) is 0.664. The van der Waals surface area contributed by atoms with E-state index in [9.17, 15) is 18.0 Å². The Morgan fingerprint density at radius 2 is 1.78 bits per heavy atom. The first-order valence-electron chi connectivity index (χ1n) is 5.98. The molecule has 1 atom stereocenters. The van der Waals surface area contributed by atoms with Crippen molar-refractivity contribution in [3.8, 4) is 0 Å². The Labute approximate surface area is 111 Å². The fourth-order valence-corrected chi connectivity index (χ4v) is 2.36. The number of carbonyl (C=O) groups is 1. The lowest BCUT2D eigenvalue weighted by molar-refractivity contribution is -0.145. The highest BCUT2D eigenvalue weighted by Gasteiger charge is 2.30. The van der Waals surface area contributed by atoms with Gasteiger partial charge in [0.1, 0.15) is 5.25 Å². The Kier molecular flexibility index (Phi) is 7.75. The van der Waals surface area contributed by atoms with Gasteiger partial charge in [-0.05, 0) is 11.8 Å². The molecule has 0 aromatic rings. The van der Waals surface area contributed by atoms with Crippen LogP contribution >= 0.6 is 11.8 Å². The molecule has 6 heteroatoms. The molecule has 0 saturated carbocycles. The first-order valence-corrected chi connectivity index (χ1v) is 7.03. The molecular weight excluding hydrogens is 265 g/mol. The number of hydrogen-bond donors (Lipinski definition) is 0. The number of rotatable bonds is 7. The average molecular weight is 286 g/mol. The Balaban J connectivity index is 4.18. The molecular formula is C12H21F3O2S. The number of ether oxygens (including phenoxy) is 1. The van der Waals surface area contributed by atoms with Gasteiger partial charge in [-0.3, -0.25) is 4.79 Å². The lowest BCUT2D eigenvalue weighted by atomic mass is 10.1. The molecule has 0 aliphatic rings. The van der Waals surface area contributed by atoms with Crippen molar-refractivity contribution in [2.75, 3.05) is 12.4 Å². The van der Waals surface area contributed by atoms with Gasteiger partial charge in [-0.25, -0.2) is 0 Å². The molecule has 0 aliphatic heterocycles. The van der Waals surface area contributed by atoms with Crippen LogP contribution in [0.5, 0.6) is 0 Å². The zero-order valence-electron chi connectivity index (χ0n) is 11.2. The van der Waals surface area contributed by atoms with Crippen molar-refractivity contribution >= 4 is 17.7 Å². The third kappa shape index (κ3) is 8.66. The molecule has 0 heterocycles. The van der Waals surface area contributed by atoms with E-state index in [-0.39, 0.29) is 17.6 Å². The molecule has 0 aromatic heterocycles. The molecule has 0 aliphatic carbocycles. The summed E-state index contributed by atoms with van der Waals surface area (Å²) < 4.78 is 41.2. The van der Waals surface area contributed by atoms with Gasteiger partial charge in [0, 0.05) is 5.75 Å². The fraction of sp³-hybridized carbons (Fsp3) is 0.917. The van der Waals surface area contributed by atoms with Crippen molar-refractivity contribution in [2.24, 2.45) is 11.8 Å². The van der Waals surface area contributed by atoms with Crippen LogP contribution in [-0.4, -0.2) is 29.8 Å². The van der Waals surface area contributed by atoms with Crippen molar-refractivity contribution in [3.63, 3.8) is 0 Å². The molecule has 0 saturated heterocycles. The monoisotopic (exact) mass is 286 g/mol. The van der Waals surface area contributed by atoms with E-state index in [1.165, 1.54) is 0 Å². The van der Waals surface area contributed by atoms with E-state index >= 15 is 0 Å². The second kappa shape index (κ2) is 7.92. The van der Waals surface area contributed by atoms with Gasteiger partial charge < -0.3 is 4.74 Å². The second-order valence-corrected chi connectivity index (χ2v) is 6.17. The first kappa shape index (κ1) is 17.6. The third-order valence-corrected chi connectivity index (χ3v) is 3.62. The maximum absolute atomic E-state index is 12.0. The van der Waals surface area contributed by atoms with Crippen LogP contribution in [0.1, 0.15) is 34.1 Å². The van der Waals surface area contributed by atoms with Gasteiger partial charge in [0.15, 0.2) is 0 Å². The van der Waals surface area contributed by atoms with Crippen LogP contribution in [0.2, 0.25) is 0 Å². The molecule has 0 fully saturated rings. The molecule has 0 bridgehead atoms. The van der Waals surface area contributed by atoms with Gasteiger partial charge in [-0.15, -0.1) is 11.8 Å². The van der Waals surface area contributed by atoms with E-state index < -0.39 is 23.8 Å². The summed E-state index contributed by atoms with van der Waals surface area (Å²) in [5, 5.41) is -0.522. The number of carbonyl (C=O) groups excluding carboxylic acids is 1. The summed E-state index contributed by atoms with van der Waals surface area (Å²) in [5.41, 5.74) is 0. The fourth-order valence-electron chi connectivity index (χ4n) is 1.17. The van der Waals surface area contributed by atoms with Crippen LogP contribution in [0.15, 0.2) is 0 Å². The van der Waals surface area contributed by atoms with Crippen LogP contribution < -0.4 is 0 Å². The van der Waals surface area contributed by atoms with E-state index in [0.29, 0.717) is 6.61 Å². The van der Waals surface area contributed by atoms with Crippen molar-refractivity contribution in [1.82, 2.24) is 0 Å². The average Bonchev–Trinajstić information content (AvgIpc) is 2.18. The van der Waals surface area contributed by atoms with Crippen molar-refractivity contribution < 1.29 is 22.7 Å². The Hall–Kier alpha value is -0.390. The summed E-state index contributed by atoms with van der Waals surface area (Å²) in [6, 6.07) is 0. The first-order chi connectivity index (χ1) is 8.13. The molecule has 0 amide bonds. The number of thioether (sulfide) groups is 1. The summed E-state index contributed by atoms with van der Waals surface area (Å²) >= 11 is 1.02. The third-order valence-electron chi connectivity index (χ3n) is 2.08. The Morgan fingerprint density at radius 3 is 2.17 bits per heavy atom. The predicted molar refractivity (Wildman–Crippen MR) is 67.6 cm³/mol. The van der Waals surface area contributed by atoms with E-state index in [1.807, 2.05) is 27.7 Å². The van der Waals surface area contributed by atoms with Crippen LogP contribution in [-0.2, 0) is 9.53 Å². The highest BCUT2D eigenvalue weighted by atomic mass is 32.2. The maximum Gasteiger partial charge on any atom is 0.389 e. The van der Waals surface area contributed by atoms with Crippen LogP contribution in [0.3, 0.4) is 0 Å². The summed E-state index contributed by atoms with van der Waals surface area (Å²) in [4.78, 5) is 11.7. The minimum absolute atomic E-state index is 0.0390. The molecule has 0 N–H and O–H groups in total. The molecule has 0 radical (unpaired) electrons. The highest BCUT2D eigenvalue weighted by molar-refractivity contribution is 8.00. The van der Waals surface area contributed by atoms with E-state index in [1.54, 1.807) is 0 Å². The molecule has 108 valence electrons. The minimum atomic E-state index is -4.17. The summed E-state index contributed by atoms with van der Waals surface area (Å²) in [5.74, 6) is -0.334. The lowest BCUT2D eigenvalue weighted by Crippen LogP contribution is -2.27. The SMILES string of the molecule is CC(C)COC(=O)C(SCCC(F)(F)F)C(C)C. The van der Waals surface area contributed by atoms with Gasteiger partial charge in [0.2, 0.25) is 0 Å². The lowest BCUT2D eigenvalue weighted by Gasteiger charge is -2.20. The van der Waals surface area contributed by atoms with Crippen molar-refractivity contribution in [2.45, 2.75) is 45.5 Å². The molecule has 18 heavy (non-hydrogen) atoms. The smallest absolute Gasteiger partial charge is 0.389 e. The summed E-state index contributed by atoms with van der Waals surface area (Å²) in [6.07, 6.45) is -5.05. The largest absolute Gasteiger partial charge is 0.465 e. The Bertz CT molecular complexity index is 252. The van der Waals surface area contributed by atoms with Crippen molar-refractivity contribution in [3.05, 3.63) is 0 Å². The molecule has 0 rings (SSSR count). The van der Waals surface area contributed by atoms with Crippen molar-refractivity contribution in [1.29, 1.82) is 0 Å². The number of hydrogen-bond acceptors (Lipinski definition) is 3. The molecule has 1 unspecified atom stereocenters. The summed E-state index contributed by atoms with van der Waals surface area (Å²) in [7, 11) is 0. The van der Waals surface area contributed by atoms with Gasteiger partial charge in [0.05, 0.1) is 13.0 Å². The zero-order chi connectivity index (χ0) is 14.3. The van der Waals surface area contributed by atoms with Crippen LogP contribution in [0.4, 0.5) is 13.2 Å². The summed E-state index contributed by atoms with van der Waals surface area (Å²) in [6.45, 7) is 7.74. The highest BCUT2D eigenvalue weighted by Crippen LogP contribution is 2.27. The predicted octanol–water partition coefficient (Wildman–Crippen LogP) is 3.90. The van der Waals surface area contributed by atoms with Crippen LogP contribution in [0.25, 0.3) is 0 Å². The number of halogens is 3. The molecule has 2 nitrogen and oxygen atoms in total. The normalized spacial score (nSPS) is 14.1.